The van der Waals surface area contributed by atoms with Crippen LogP contribution in [0.4, 0.5) is 0 Å². The SMILES string of the molecule is C[C@@]12CCc3c(ccc4cc(O)ccc34)[C@H]1CCC2=O. The van der Waals surface area contributed by atoms with Gasteiger partial charge in [0.15, 0.2) is 0 Å². The monoisotopic (exact) mass is 266 g/mol. The summed E-state index contributed by atoms with van der Waals surface area (Å²) >= 11 is 0. The zero-order valence-corrected chi connectivity index (χ0v) is 11.6. The number of phenols is 1. The van der Waals surface area contributed by atoms with Gasteiger partial charge in [0.1, 0.15) is 11.5 Å². The largest absolute Gasteiger partial charge is 0.508 e. The van der Waals surface area contributed by atoms with Crippen LogP contribution < -0.4 is 0 Å². The molecule has 1 fully saturated rings. The lowest BCUT2D eigenvalue weighted by atomic mass is 9.66. The third-order valence-electron chi connectivity index (χ3n) is 5.49. The van der Waals surface area contributed by atoms with Crippen LogP contribution in [0.15, 0.2) is 30.3 Å². The maximum atomic E-state index is 12.2. The summed E-state index contributed by atoms with van der Waals surface area (Å²) in [4.78, 5) is 12.2. The third-order valence-corrected chi connectivity index (χ3v) is 5.49. The molecule has 0 amide bonds. The maximum absolute atomic E-state index is 12.2. The number of benzene rings is 2. The van der Waals surface area contributed by atoms with Crippen molar-refractivity contribution in [2.24, 2.45) is 5.41 Å². The van der Waals surface area contributed by atoms with Crippen LogP contribution in [-0.2, 0) is 11.2 Å². The number of ketones is 1. The summed E-state index contributed by atoms with van der Waals surface area (Å²) < 4.78 is 0. The predicted octanol–water partition coefficient (Wildman–Crippen LogP) is 3.94. The zero-order chi connectivity index (χ0) is 13.9. The van der Waals surface area contributed by atoms with E-state index in [4.69, 9.17) is 0 Å². The van der Waals surface area contributed by atoms with Crippen LogP contribution in [0.2, 0.25) is 0 Å². The summed E-state index contributed by atoms with van der Waals surface area (Å²) in [5.74, 6) is 1.14. The molecule has 0 radical (unpaired) electrons. The predicted molar refractivity (Wildman–Crippen MR) is 79.0 cm³/mol. The van der Waals surface area contributed by atoms with E-state index in [1.807, 2.05) is 12.1 Å². The van der Waals surface area contributed by atoms with E-state index in [-0.39, 0.29) is 5.41 Å². The number of fused-ring (bicyclic) bond motifs is 5. The van der Waals surface area contributed by atoms with Crippen molar-refractivity contribution in [1.82, 2.24) is 0 Å². The van der Waals surface area contributed by atoms with E-state index in [0.29, 0.717) is 17.5 Å². The molecule has 2 aromatic rings. The fourth-order valence-electron chi connectivity index (χ4n) is 4.27. The summed E-state index contributed by atoms with van der Waals surface area (Å²) in [6.45, 7) is 2.15. The molecule has 0 unspecified atom stereocenters. The van der Waals surface area contributed by atoms with Gasteiger partial charge in [-0.2, -0.15) is 0 Å². The van der Waals surface area contributed by atoms with Crippen LogP contribution in [0.5, 0.6) is 5.75 Å². The van der Waals surface area contributed by atoms with Crippen LogP contribution in [0.1, 0.15) is 43.2 Å². The minimum Gasteiger partial charge on any atom is -0.508 e. The molecule has 1 N–H and O–H groups in total. The van der Waals surface area contributed by atoms with Gasteiger partial charge in [0.2, 0.25) is 0 Å². The average Bonchev–Trinajstić information content (AvgIpc) is 2.74. The Labute approximate surface area is 118 Å². The lowest BCUT2D eigenvalue weighted by Crippen LogP contribution is -2.32. The second-order valence-corrected chi connectivity index (χ2v) is 6.47. The van der Waals surface area contributed by atoms with E-state index < -0.39 is 0 Å². The second kappa shape index (κ2) is 3.85. The van der Waals surface area contributed by atoms with Crippen molar-refractivity contribution in [2.75, 3.05) is 0 Å². The van der Waals surface area contributed by atoms with E-state index >= 15 is 0 Å². The van der Waals surface area contributed by atoms with E-state index in [9.17, 15) is 9.90 Å². The van der Waals surface area contributed by atoms with Crippen molar-refractivity contribution in [1.29, 1.82) is 0 Å². The number of carbonyl (C=O) groups excluding carboxylic acids is 1. The van der Waals surface area contributed by atoms with Crippen molar-refractivity contribution < 1.29 is 9.90 Å². The number of carbonyl (C=O) groups is 1. The molecule has 2 nitrogen and oxygen atoms in total. The zero-order valence-electron chi connectivity index (χ0n) is 11.6. The highest BCUT2D eigenvalue weighted by molar-refractivity contribution is 5.92. The molecule has 0 bridgehead atoms. The molecular formula is C18H18O2. The van der Waals surface area contributed by atoms with Gasteiger partial charge >= 0.3 is 0 Å². The Balaban J connectivity index is 1.95. The molecular weight excluding hydrogens is 248 g/mol. The first kappa shape index (κ1) is 12.0. The van der Waals surface area contributed by atoms with E-state index in [1.54, 1.807) is 6.07 Å². The van der Waals surface area contributed by atoms with Gasteiger partial charge < -0.3 is 5.11 Å². The molecule has 20 heavy (non-hydrogen) atoms. The van der Waals surface area contributed by atoms with E-state index in [1.165, 1.54) is 16.5 Å². The van der Waals surface area contributed by atoms with Crippen molar-refractivity contribution in [3.63, 3.8) is 0 Å². The van der Waals surface area contributed by atoms with Crippen LogP contribution in [0.3, 0.4) is 0 Å². The van der Waals surface area contributed by atoms with Crippen molar-refractivity contribution in [2.45, 2.75) is 38.5 Å². The molecule has 2 aliphatic carbocycles. The summed E-state index contributed by atoms with van der Waals surface area (Å²) in [7, 11) is 0. The number of hydrogen-bond donors (Lipinski definition) is 1. The average molecular weight is 266 g/mol. The van der Waals surface area contributed by atoms with Crippen molar-refractivity contribution >= 4 is 16.6 Å². The molecule has 2 aliphatic rings. The second-order valence-electron chi connectivity index (χ2n) is 6.47. The number of Topliss-reactive ketones (excluding diaryl/α,β-unsaturated/α-hetero) is 1. The van der Waals surface area contributed by atoms with Gasteiger partial charge in [0.25, 0.3) is 0 Å². The molecule has 2 atom stereocenters. The third kappa shape index (κ3) is 1.42. The Bertz CT molecular complexity index is 732. The molecule has 2 aromatic carbocycles. The van der Waals surface area contributed by atoms with Crippen LogP contribution in [0, 0.1) is 5.41 Å². The van der Waals surface area contributed by atoms with Gasteiger partial charge in [-0.25, -0.2) is 0 Å². The molecule has 102 valence electrons. The standard InChI is InChI=1S/C18H18O2/c1-18-9-8-14-13-5-3-12(19)10-11(13)2-4-15(14)16(18)6-7-17(18)20/h2-5,10,16,19H,6-9H2,1H3/t16-,18-/m1/s1. The van der Waals surface area contributed by atoms with E-state index in [2.05, 4.69) is 19.1 Å². The fourth-order valence-corrected chi connectivity index (χ4v) is 4.27. The normalized spacial score (nSPS) is 28.4. The molecule has 0 spiro atoms. The number of aryl methyl sites for hydroxylation is 1. The number of phenolic OH excluding ortho intramolecular Hbond substituents is 1. The molecule has 2 heteroatoms. The fraction of sp³-hybridized carbons (Fsp3) is 0.389. The smallest absolute Gasteiger partial charge is 0.139 e. The van der Waals surface area contributed by atoms with Gasteiger partial charge in [-0.1, -0.05) is 25.1 Å². The summed E-state index contributed by atoms with van der Waals surface area (Å²) in [6.07, 6.45) is 3.65. The Kier molecular flexibility index (Phi) is 2.30. The minimum absolute atomic E-state index is 0.141. The molecule has 0 saturated heterocycles. The highest BCUT2D eigenvalue weighted by atomic mass is 16.3. The minimum atomic E-state index is -0.141. The summed E-state index contributed by atoms with van der Waals surface area (Å²) in [6, 6.07) is 9.86. The van der Waals surface area contributed by atoms with Crippen molar-refractivity contribution in [3.05, 3.63) is 41.5 Å². The topological polar surface area (TPSA) is 37.3 Å². The molecule has 1 saturated carbocycles. The van der Waals surface area contributed by atoms with Gasteiger partial charge in [0.05, 0.1) is 0 Å². The molecule has 4 rings (SSSR count). The lowest BCUT2D eigenvalue weighted by Gasteiger charge is -2.37. The first-order valence-electron chi connectivity index (χ1n) is 7.37. The maximum Gasteiger partial charge on any atom is 0.139 e. The lowest BCUT2D eigenvalue weighted by molar-refractivity contribution is -0.126. The van der Waals surface area contributed by atoms with Crippen LogP contribution in [0.25, 0.3) is 10.8 Å². The Morgan fingerprint density at radius 2 is 2.05 bits per heavy atom. The first-order chi connectivity index (χ1) is 9.59. The quantitative estimate of drug-likeness (QED) is 0.784. The first-order valence-corrected chi connectivity index (χ1v) is 7.37. The number of rotatable bonds is 0. The number of aromatic hydroxyl groups is 1. The van der Waals surface area contributed by atoms with Gasteiger partial charge in [-0.15, -0.1) is 0 Å². The molecule has 0 aromatic heterocycles. The molecule has 0 aliphatic heterocycles. The highest BCUT2D eigenvalue weighted by Crippen LogP contribution is 2.54. The summed E-state index contributed by atoms with van der Waals surface area (Å²) in [5.41, 5.74) is 2.61. The Hall–Kier alpha value is -1.83. The van der Waals surface area contributed by atoms with Crippen LogP contribution in [-0.4, -0.2) is 10.9 Å². The van der Waals surface area contributed by atoms with E-state index in [0.717, 1.165) is 31.1 Å². The number of hydrogen-bond acceptors (Lipinski definition) is 2. The molecule has 0 heterocycles. The van der Waals surface area contributed by atoms with Gasteiger partial charge in [-0.05, 0) is 59.2 Å². The van der Waals surface area contributed by atoms with Crippen LogP contribution >= 0.6 is 0 Å². The Morgan fingerprint density at radius 1 is 1.20 bits per heavy atom. The van der Waals surface area contributed by atoms with Crippen molar-refractivity contribution in [3.8, 4) is 5.75 Å². The van der Waals surface area contributed by atoms with Gasteiger partial charge in [0, 0.05) is 11.8 Å². The Morgan fingerprint density at radius 3 is 2.90 bits per heavy atom. The highest BCUT2D eigenvalue weighted by Gasteiger charge is 2.49. The van der Waals surface area contributed by atoms with Gasteiger partial charge in [-0.3, -0.25) is 4.79 Å². The summed E-state index contributed by atoms with van der Waals surface area (Å²) in [5, 5.41) is 11.9.